The third kappa shape index (κ3) is 2.97. The van der Waals surface area contributed by atoms with Gasteiger partial charge >= 0.3 is 0 Å². The Bertz CT molecular complexity index is 810. The van der Waals surface area contributed by atoms with E-state index >= 15 is 0 Å². The Labute approximate surface area is 130 Å². The van der Waals surface area contributed by atoms with Crippen LogP contribution in [0.25, 0.3) is 11.0 Å². The second kappa shape index (κ2) is 5.69. The first kappa shape index (κ1) is 13.8. The third-order valence-electron chi connectivity index (χ3n) is 3.33. The standard InChI is InChI=1S/C16H14BrN3O/c1-20-10-19-14-7-11(5-6-15(14)20)9-18-16(21)12-3-2-4-13(17)8-12/h2-8,10H,9H2,1H3,(H,18,21). The molecule has 0 saturated heterocycles. The molecule has 2 aromatic carbocycles. The van der Waals surface area contributed by atoms with E-state index in [1.165, 1.54) is 0 Å². The van der Waals surface area contributed by atoms with Crippen LogP contribution in [0, 0.1) is 0 Å². The maximum Gasteiger partial charge on any atom is 0.251 e. The topological polar surface area (TPSA) is 46.9 Å². The summed E-state index contributed by atoms with van der Waals surface area (Å²) in [5.74, 6) is -0.0857. The van der Waals surface area contributed by atoms with Crippen molar-refractivity contribution < 1.29 is 4.79 Å². The minimum atomic E-state index is -0.0857. The van der Waals surface area contributed by atoms with Crippen molar-refractivity contribution in [1.82, 2.24) is 14.9 Å². The van der Waals surface area contributed by atoms with E-state index in [2.05, 4.69) is 26.2 Å². The van der Waals surface area contributed by atoms with Gasteiger partial charge < -0.3 is 9.88 Å². The van der Waals surface area contributed by atoms with Crippen LogP contribution in [0.15, 0.2) is 53.3 Å². The molecular weight excluding hydrogens is 330 g/mol. The fourth-order valence-electron chi connectivity index (χ4n) is 2.21. The summed E-state index contributed by atoms with van der Waals surface area (Å²) in [5, 5.41) is 2.92. The SMILES string of the molecule is Cn1cnc2cc(CNC(=O)c3cccc(Br)c3)ccc21. The van der Waals surface area contributed by atoms with Crippen LogP contribution in [-0.4, -0.2) is 15.5 Å². The molecule has 0 aliphatic heterocycles. The van der Waals surface area contributed by atoms with E-state index in [0.717, 1.165) is 21.1 Å². The summed E-state index contributed by atoms with van der Waals surface area (Å²) in [6.07, 6.45) is 1.79. The van der Waals surface area contributed by atoms with Crippen molar-refractivity contribution in [2.24, 2.45) is 7.05 Å². The molecule has 3 rings (SSSR count). The van der Waals surface area contributed by atoms with Crippen molar-refractivity contribution in [3.05, 3.63) is 64.4 Å². The van der Waals surface area contributed by atoms with Crippen molar-refractivity contribution in [3.63, 3.8) is 0 Å². The number of fused-ring (bicyclic) bond motifs is 1. The maximum absolute atomic E-state index is 12.1. The molecule has 0 atom stereocenters. The fourth-order valence-corrected chi connectivity index (χ4v) is 2.60. The summed E-state index contributed by atoms with van der Waals surface area (Å²) in [6.45, 7) is 0.484. The molecule has 1 N–H and O–H groups in total. The Balaban J connectivity index is 1.72. The molecular formula is C16H14BrN3O. The lowest BCUT2D eigenvalue weighted by Gasteiger charge is -2.06. The maximum atomic E-state index is 12.1. The van der Waals surface area contributed by atoms with E-state index in [4.69, 9.17) is 0 Å². The van der Waals surface area contributed by atoms with Gasteiger partial charge in [0.25, 0.3) is 5.91 Å². The van der Waals surface area contributed by atoms with Crippen LogP contribution < -0.4 is 5.32 Å². The molecule has 5 heteroatoms. The zero-order chi connectivity index (χ0) is 14.8. The molecule has 0 spiro atoms. The smallest absolute Gasteiger partial charge is 0.251 e. The van der Waals surface area contributed by atoms with Crippen LogP contribution >= 0.6 is 15.9 Å². The van der Waals surface area contributed by atoms with Crippen molar-refractivity contribution in [2.45, 2.75) is 6.54 Å². The van der Waals surface area contributed by atoms with Crippen LogP contribution in [0.3, 0.4) is 0 Å². The minimum absolute atomic E-state index is 0.0857. The number of rotatable bonds is 3. The molecule has 0 fully saturated rings. The quantitative estimate of drug-likeness (QED) is 0.793. The average Bonchev–Trinajstić information content (AvgIpc) is 2.86. The van der Waals surface area contributed by atoms with Gasteiger partial charge in [0.05, 0.1) is 17.4 Å². The predicted molar refractivity (Wildman–Crippen MR) is 86.0 cm³/mol. The highest BCUT2D eigenvalue weighted by Crippen LogP contribution is 2.14. The molecule has 1 amide bonds. The average molecular weight is 344 g/mol. The van der Waals surface area contributed by atoms with E-state index < -0.39 is 0 Å². The lowest BCUT2D eigenvalue weighted by atomic mass is 10.1. The summed E-state index contributed by atoms with van der Waals surface area (Å²) in [7, 11) is 1.96. The van der Waals surface area contributed by atoms with Crippen LogP contribution in [0.1, 0.15) is 15.9 Å². The minimum Gasteiger partial charge on any atom is -0.348 e. The predicted octanol–water partition coefficient (Wildman–Crippen LogP) is 3.27. The monoisotopic (exact) mass is 343 g/mol. The molecule has 4 nitrogen and oxygen atoms in total. The Kier molecular flexibility index (Phi) is 3.75. The normalized spacial score (nSPS) is 10.8. The lowest BCUT2D eigenvalue weighted by Crippen LogP contribution is -2.22. The summed E-state index contributed by atoms with van der Waals surface area (Å²) < 4.78 is 2.86. The van der Waals surface area contributed by atoms with Gasteiger partial charge in [0.2, 0.25) is 0 Å². The van der Waals surface area contributed by atoms with Gasteiger partial charge in [0, 0.05) is 23.6 Å². The van der Waals surface area contributed by atoms with Crippen molar-refractivity contribution in [2.75, 3.05) is 0 Å². The molecule has 0 aliphatic carbocycles. The van der Waals surface area contributed by atoms with Gasteiger partial charge in [0.15, 0.2) is 0 Å². The Morgan fingerprint density at radius 2 is 2.14 bits per heavy atom. The molecule has 1 aromatic heterocycles. The van der Waals surface area contributed by atoms with Crippen molar-refractivity contribution in [3.8, 4) is 0 Å². The van der Waals surface area contributed by atoms with Gasteiger partial charge in [-0.05, 0) is 35.9 Å². The van der Waals surface area contributed by atoms with Gasteiger partial charge in [-0.1, -0.05) is 28.1 Å². The van der Waals surface area contributed by atoms with Gasteiger partial charge in [-0.25, -0.2) is 4.98 Å². The molecule has 1 heterocycles. The van der Waals surface area contributed by atoms with E-state index in [1.807, 2.05) is 41.9 Å². The van der Waals surface area contributed by atoms with Gasteiger partial charge in [0.1, 0.15) is 0 Å². The number of benzene rings is 2. The number of imidazole rings is 1. The first-order chi connectivity index (χ1) is 10.1. The summed E-state index contributed by atoms with van der Waals surface area (Å²) in [6, 6.07) is 13.4. The summed E-state index contributed by atoms with van der Waals surface area (Å²) >= 11 is 3.37. The molecule has 0 bridgehead atoms. The number of nitrogens with one attached hydrogen (secondary N) is 1. The molecule has 106 valence electrons. The Hall–Kier alpha value is -2.14. The number of halogens is 1. The molecule has 0 radical (unpaired) electrons. The second-order valence-corrected chi connectivity index (χ2v) is 5.79. The molecule has 0 unspecified atom stereocenters. The van der Waals surface area contributed by atoms with E-state index in [9.17, 15) is 4.79 Å². The second-order valence-electron chi connectivity index (χ2n) is 4.87. The Morgan fingerprint density at radius 3 is 2.95 bits per heavy atom. The van der Waals surface area contributed by atoms with Gasteiger partial charge in [-0.3, -0.25) is 4.79 Å². The fraction of sp³-hybridized carbons (Fsp3) is 0.125. The van der Waals surface area contributed by atoms with E-state index in [1.54, 1.807) is 18.5 Å². The van der Waals surface area contributed by atoms with Gasteiger partial charge in [-0.15, -0.1) is 0 Å². The highest BCUT2D eigenvalue weighted by molar-refractivity contribution is 9.10. The first-order valence-electron chi connectivity index (χ1n) is 6.57. The lowest BCUT2D eigenvalue weighted by molar-refractivity contribution is 0.0951. The molecule has 0 aliphatic rings. The van der Waals surface area contributed by atoms with Crippen molar-refractivity contribution >= 4 is 32.9 Å². The van der Waals surface area contributed by atoms with Gasteiger partial charge in [-0.2, -0.15) is 0 Å². The van der Waals surface area contributed by atoms with E-state index in [-0.39, 0.29) is 5.91 Å². The molecule has 0 saturated carbocycles. The number of hydrogen-bond acceptors (Lipinski definition) is 2. The number of aromatic nitrogens is 2. The number of carbonyl (C=O) groups excluding carboxylic acids is 1. The number of aryl methyl sites for hydroxylation is 1. The molecule has 21 heavy (non-hydrogen) atoms. The third-order valence-corrected chi connectivity index (χ3v) is 3.82. The number of hydrogen-bond donors (Lipinski definition) is 1. The van der Waals surface area contributed by atoms with Crippen LogP contribution in [-0.2, 0) is 13.6 Å². The van der Waals surface area contributed by atoms with E-state index in [0.29, 0.717) is 12.1 Å². The van der Waals surface area contributed by atoms with Crippen LogP contribution in [0.4, 0.5) is 0 Å². The first-order valence-corrected chi connectivity index (χ1v) is 7.36. The van der Waals surface area contributed by atoms with Crippen LogP contribution in [0.5, 0.6) is 0 Å². The van der Waals surface area contributed by atoms with Crippen molar-refractivity contribution in [1.29, 1.82) is 0 Å². The largest absolute Gasteiger partial charge is 0.348 e. The zero-order valence-corrected chi connectivity index (χ0v) is 13.1. The number of nitrogens with zero attached hydrogens (tertiary/aromatic N) is 2. The van der Waals surface area contributed by atoms with Crippen LogP contribution in [0.2, 0.25) is 0 Å². The molecule has 3 aromatic rings. The highest BCUT2D eigenvalue weighted by atomic mass is 79.9. The summed E-state index contributed by atoms with van der Waals surface area (Å²) in [5.41, 5.74) is 3.69. The Morgan fingerprint density at radius 1 is 1.29 bits per heavy atom. The zero-order valence-electron chi connectivity index (χ0n) is 11.5. The number of carbonyl (C=O) groups is 1. The summed E-state index contributed by atoms with van der Waals surface area (Å²) in [4.78, 5) is 16.4. The highest BCUT2D eigenvalue weighted by Gasteiger charge is 2.06. The number of amides is 1.